The zero-order valence-corrected chi connectivity index (χ0v) is 10.9. The number of aromatic carboxylic acids is 1. The van der Waals surface area contributed by atoms with E-state index in [1.165, 1.54) is 18.2 Å². The summed E-state index contributed by atoms with van der Waals surface area (Å²) in [5.74, 6) is 2.77. The number of halogens is 3. The zero-order chi connectivity index (χ0) is 15.8. The minimum atomic E-state index is -4.72. The van der Waals surface area contributed by atoms with Crippen molar-refractivity contribution in [3.63, 3.8) is 0 Å². The van der Waals surface area contributed by atoms with Gasteiger partial charge in [0.1, 0.15) is 0 Å². The summed E-state index contributed by atoms with van der Waals surface area (Å²) in [6.45, 7) is 0. The van der Waals surface area contributed by atoms with Crippen LogP contribution in [0.2, 0.25) is 0 Å². The van der Waals surface area contributed by atoms with Crippen LogP contribution in [-0.4, -0.2) is 25.9 Å². The van der Waals surface area contributed by atoms with Gasteiger partial charge in [0.15, 0.2) is 0 Å². The van der Waals surface area contributed by atoms with Crippen LogP contribution in [0.25, 0.3) is 0 Å². The van der Waals surface area contributed by atoms with Crippen molar-refractivity contribution in [1.29, 1.82) is 0 Å². The highest BCUT2D eigenvalue weighted by Crippen LogP contribution is 2.34. The number of nitrogens with zero attached hydrogens (tertiary/aromatic N) is 3. The Labute approximate surface area is 119 Å². The van der Waals surface area contributed by atoms with Gasteiger partial charge in [0.25, 0.3) is 5.82 Å². The molecule has 7 nitrogen and oxygen atoms in total. The SMILES string of the molecule is Nc1cc(C(=O)O)ccc1Sc1nnc(C(F)(F)F)n1N. The molecule has 0 saturated heterocycles. The van der Waals surface area contributed by atoms with Crippen LogP contribution >= 0.6 is 11.8 Å². The molecule has 112 valence electrons. The average molecular weight is 319 g/mol. The standard InChI is InChI=1S/C10H8F3N5O2S/c11-10(12,13)8-16-17-9(18(8)15)21-6-2-1-4(7(19)20)3-5(6)14/h1-3H,14-15H2,(H,19,20). The first-order chi connectivity index (χ1) is 9.70. The van der Waals surface area contributed by atoms with Crippen LogP contribution in [0.15, 0.2) is 28.3 Å². The van der Waals surface area contributed by atoms with Gasteiger partial charge >= 0.3 is 12.1 Å². The number of benzene rings is 1. The molecule has 0 bridgehead atoms. The number of hydrogen-bond donors (Lipinski definition) is 3. The number of aromatic nitrogens is 3. The Bertz CT molecular complexity index is 700. The number of carboxylic acid groups (broad SMARTS) is 1. The Kier molecular flexibility index (Phi) is 3.68. The van der Waals surface area contributed by atoms with E-state index in [0.29, 0.717) is 9.57 Å². The molecule has 1 heterocycles. The Morgan fingerprint density at radius 1 is 1.33 bits per heavy atom. The van der Waals surface area contributed by atoms with Crippen LogP contribution in [0.4, 0.5) is 18.9 Å². The molecule has 2 rings (SSSR count). The molecular formula is C10H8F3N5O2S. The molecule has 0 atom stereocenters. The Morgan fingerprint density at radius 2 is 2.00 bits per heavy atom. The van der Waals surface area contributed by atoms with Crippen molar-refractivity contribution in [2.45, 2.75) is 16.2 Å². The maximum absolute atomic E-state index is 12.5. The van der Waals surface area contributed by atoms with Crippen molar-refractivity contribution in [3.8, 4) is 0 Å². The Hall–Kier alpha value is -2.43. The second-order valence-corrected chi connectivity index (χ2v) is 4.84. The molecule has 1 aromatic heterocycles. The highest BCUT2D eigenvalue weighted by molar-refractivity contribution is 7.99. The van der Waals surface area contributed by atoms with Crippen LogP contribution in [-0.2, 0) is 6.18 Å². The van der Waals surface area contributed by atoms with Gasteiger partial charge in [-0.25, -0.2) is 9.47 Å². The van der Waals surface area contributed by atoms with E-state index < -0.39 is 18.0 Å². The van der Waals surface area contributed by atoms with Gasteiger partial charge in [-0.3, -0.25) is 0 Å². The summed E-state index contributed by atoms with van der Waals surface area (Å²) in [7, 11) is 0. The number of hydrogen-bond acceptors (Lipinski definition) is 6. The summed E-state index contributed by atoms with van der Waals surface area (Å²) in [4.78, 5) is 11.1. The van der Waals surface area contributed by atoms with Gasteiger partial charge in [0.05, 0.1) is 5.56 Å². The molecule has 5 N–H and O–H groups in total. The number of carboxylic acids is 1. The number of anilines is 1. The quantitative estimate of drug-likeness (QED) is 0.578. The lowest BCUT2D eigenvalue weighted by molar-refractivity contribution is -0.146. The lowest BCUT2D eigenvalue weighted by Crippen LogP contribution is -2.21. The van der Waals surface area contributed by atoms with Gasteiger partial charge < -0.3 is 16.7 Å². The van der Waals surface area contributed by atoms with E-state index in [1.54, 1.807) is 0 Å². The number of nitrogen functional groups attached to an aromatic ring is 2. The molecule has 0 spiro atoms. The number of nitrogens with two attached hydrogens (primary N) is 2. The summed E-state index contributed by atoms with van der Waals surface area (Å²) in [6.07, 6.45) is -4.72. The monoisotopic (exact) mass is 319 g/mol. The van der Waals surface area contributed by atoms with Gasteiger partial charge in [0, 0.05) is 10.6 Å². The lowest BCUT2D eigenvalue weighted by atomic mass is 10.2. The zero-order valence-electron chi connectivity index (χ0n) is 10.1. The maximum atomic E-state index is 12.5. The first kappa shape index (κ1) is 15.0. The molecule has 0 radical (unpaired) electrons. The van der Waals surface area contributed by atoms with E-state index in [9.17, 15) is 18.0 Å². The highest BCUT2D eigenvalue weighted by Gasteiger charge is 2.38. The van der Waals surface area contributed by atoms with Crippen molar-refractivity contribution >= 4 is 23.4 Å². The predicted molar refractivity (Wildman–Crippen MR) is 67.1 cm³/mol. The number of carbonyl (C=O) groups is 1. The van der Waals surface area contributed by atoms with Crippen molar-refractivity contribution in [3.05, 3.63) is 29.6 Å². The highest BCUT2D eigenvalue weighted by atomic mass is 32.2. The number of rotatable bonds is 3. The fourth-order valence-corrected chi connectivity index (χ4v) is 2.19. The molecule has 0 aliphatic carbocycles. The van der Waals surface area contributed by atoms with E-state index in [4.69, 9.17) is 16.7 Å². The fraction of sp³-hybridized carbons (Fsp3) is 0.100. The van der Waals surface area contributed by atoms with Gasteiger partial charge in [-0.2, -0.15) is 13.2 Å². The second-order valence-electron chi connectivity index (χ2n) is 3.83. The molecule has 2 aromatic rings. The van der Waals surface area contributed by atoms with Crippen LogP contribution in [0.5, 0.6) is 0 Å². The lowest BCUT2D eigenvalue weighted by Gasteiger charge is -2.07. The van der Waals surface area contributed by atoms with Gasteiger partial charge in [0.2, 0.25) is 5.16 Å². The smallest absolute Gasteiger partial charge is 0.453 e. The summed E-state index contributed by atoms with van der Waals surface area (Å²) < 4.78 is 37.9. The largest absolute Gasteiger partial charge is 0.478 e. The third kappa shape index (κ3) is 3.02. The first-order valence-corrected chi connectivity index (χ1v) is 6.10. The third-order valence-electron chi connectivity index (χ3n) is 2.38. The molecule has 0 amide bonds. The molecule has 0 unspecified atom stereocenters. The van der Waals surface area contributed by atoms with Crippen LogP contribution in [0, 0.1) is 0 Å². The summed E-state index contributed by atoms with van der Waals surface area (Å²) in [5, 5.41) is 14.9. The summed E-state index contributed by atoms with van der Waals surface area (Å²) in [5.41, 5.74) is 5.69. The van der Waals surface area contributed by atoms with E-state index in [-0.39, 0.29) is 16.4 Å². The molecule has 1 aromatic carbocycles. The van der Waals surface area contributed by atoms with Crippen molar-refractivity contribution in [1.82, 2.24) is 14.9 Å². The maximum Gasteiger partial charge on any atom is 0.453 e. The van der Waals surface area contributed by atoms with Gasteiger partial charge in [-0.05, 0) is 30.0 Å². The minimum absolute atomic E-state index is 0.0398. The molecule has 0 aliphatic rings. The normalized spacial score (nSPS) is 11.6. The minimum Gasteiger partial charge on any atom is -0.478 e. The molecule has 0 fully saturated rings. The Balaban J connectivity index is 2.31. The molecule has 0 aliphatic heterocycles. The van der Waals surface area contributed by atoms with Crippen molar-refractivity contribution in [2.75, 3.05) is 11.6 Å². The molecule has 21 heavy (non-hydrogen) atoms. The summed E-state index contributed by atoms with van der Waals surface area (Å²) in [6, 6.07) is 3.81. The molecular weight excluding hydrogens is 311 g/mol. The van der Waals surface area contributed by atoms with Crippen LogP contribution in [0.1, 0.15) is 16.2 Å². The predicted octanol–water partition coefficient (Wildman–Crippen LogP) is 1.44. The van der Waals surface area contributed by atoms with E-state index in [2.05, 4.69) is 10.2 Å². The average Bonchev–Trinajstić information content (AvgIpc) is 2.73. The van der Waals surface area contributed by atoms with Crippen molar-refractivity contribution in [2.24, 2.45) is 0 Å². The van der Waals surface area contributed by atoms with Crippen molar-refractivity contribution < 1.29 is 23.1 Å². The van der Waals surface area contributed by atoms with E-state index >= 15 is 0 Å². The Morgan fingerprint density at radius 3 is 2.48 bits per heavy atom. The van der Waals surface area contributed by atoms with E-state index in [1.807, 2.05) is 0 Å². The first-order valence-electron chi connectivity index (χ1n) is 5.28. The molecule has 0 saturated carbocycles. The van der Waals surface area contributed by atoms with Crippen LogP contribution in [0.3, 0.4) is 0 Å². The van der Waals surface area contributed by atoms with E-state index in [0.717, 1.165) is 11.8 Å². The van der Waals surface area contributed by atoms with Gasteiger partial charge in [-0.15, -0.1) is 10.2 Å². The second kappa shape index (κ2) is 5.16. The van der Waals surface area contributed by atoms with Crippen LogP contribution < -0.4 is 11.6 Å². The molecule has 11 heteroatoms. The third-order valence-corrected chi connectivity index (χ3v) is 3.43. The summed E-state index contributed by atoms with van der Waals surface area (Å²) >= 11 is 0.745. The van der Waals surface area contributed by atoms with Gasteiger partial charge in [-0.1, -0.05) is 0 Å². The topological polar surface area (TPSA) is 120 Å². The fourth-order valence-electron chi connectivity index (χ4n) is 1.41. The number of alkyl halides is 3.